The van der Waals surface area contributed by atoms with Crippen LogP contribution in [0.1, 0.15) is 6.92 Å². The summed E-state index contributed by atoms with van der Waals surface area (Å²) >= 11 is 0. The molecule has 2 nitrogen and oxygen atoms in total. The molecule has 0 atom stereocenters. The number of carbonyl (C=O) groups excluding carboxylic acids is 1. The van der Waals surface area contributed by atoms with Crippen LogP contribution in [-0.2, 0) is 4.79 Å². The summed E-state index contributed by atoms with van der Waals surface area (Å²) in [5.74, 6) is -0.583. The van der Waals surface area contributed by atoms with E-state index in [0.29, 0.717) is 0 Å². The van der Waals surface area contributed by atoms with Crippen LogP contribution in [0.4, 0.5) is 0 Å². The Hall–Kier alpha value is 1.28. The molecule has 0 heterocycles. The monoisotopic (exact) mass is 143 g/mol. The molecule has 0 saturated heterocycles. The molecule has 1 N–H and O–H groups in total. The van der Waals surface area contributed by atoms with Crippen LogP contribution < -0.4 is 58.2 Å². The normalized spacial score (nSPS) is 5.00. The van der Waals surface area contributed by atoms with Crippen LogP contribution in [0.25, 0.3) is 5.73 Å². The first kappa shape index (κ1) is 9.55. The molecule has 0 bridgehead atoms. The first-order valence-electron chi connectivity index (χ1n) is 0.954. The number of carbonyl (C=O) groups is 1. The summed E-state index contributed by atoms with van der Waals surface area (Å²) < 4.78 is 0. The van der Waals surface area contributed by atoms with Gasteiger partial charge in [-0.3, -0.25) is 0 Å². The molecule has 0 rings (SSSR count). The van der Waals surface area contributed by atoms with Gasteiger partial charge in [-0.25, -0.2) is 0 Å². The van der Waals surface area contributed by atoms with Crippen LogP contribution in [0.5, 0.6) is 0 Å². The van der Waals surface area contributed by atoms with Gasteiger partial charge in [-0.1, -0.05) is 0 Å². The van der Waals surface area contributed by atoms with Gasteiger partial charge in [0.25, 0.3) is 0 Å². The van der Waals surface area contributed by atoms with Crippen LogP contribution in [0.15, 0.2) is 0 Å². The predicted octanol–water partition coefficient (Wildman–Crippen LogP) is -2.41. The Morgan fingerprint density at radius 3 is 1.80 bits per heavy atom. The standard InChI is InChI=1S/C2H5NO.Rb/c1-2(3)4;/h1H3,(H2,3,4);/q;+1/p-1. The molecule has 0 fully saturated rings. The Bertz CT molecular complexity index is 32.6. The van der Waals surface area contributed by atoms with Crippen molar-refractivity contribution >= 4 is 5.91 Å². The molecule has 0 unspecified atom stereocenters. The van der Waals surface area contributed by atoms with E-state index < -0.39 is 5.91 Å². The maximum Gasteiger partial charge on any atom is 1.00 e. The summed E-state index contributed by atoms with van der Waals surface area (Å²) in [6.07, 6.45) is 0. The largest absolute Gasteiger partial charge is 1.00 e. The fraction of sp³-hybridized carbons (Fsp3) is 0.500. The zero-order valence-electron chi connectivity index (χ0n) is 3.41. The molecular weight excluding hydrogens is 139 g/mol. The second-order valence-corrected chi connectivity index (χ2v) is 0.556. The summed E-state index contributed by atoms with van der Waals surface area (Å²) in [7, 11) is 0. The fourth-order valence-electron chi connectivity index (χ4n) is 0. The second-order valence-electron chi connectivity index (χ2n) is 0.556. The minimum Gasteiger partial charge on any atom is -0.668 e. The number of rotatable bonds is 0. The van der Waals surface area contributed by atoms with E-state index in [9.17, 15) is 0 Å². The van der Waals surface area contributed by atoms with Crippen LogP contribution in [-0.4, -0.2) is 5.91 Å². The zero-order valence-corrected chi connectivity index (χ0v) is 8.32. The third kappa shape index (κ3) is 34.8. The van der Waals surface area contributed by atoms with Gasteiger partial charge in [0, 0.05) is 5.91 Å². The van der Waals surface area contributed by atoms with E-state index >= 15 is 0 Å². The number of hydrogen-bond acceptors (Lipinski definition) is 1. The number of amides is 1. The summed E-state index contributed by atoms with van der Waals surface area (Å²) in [6, 6.07) is 0. The molecule has 24 valence electrons. The van der Waals surface area contributed by atoms with Gasteiger partial charge in [-0.2, -0.15) is 0 Å². The molecule has 0 aliphatic heterocycles. The van der Waals surface area contributed by atoms with Gasteiger partial charge in [0.1, 0.15) is 0 Å². The van der Waals surface area contributed by atoms with Crippen molar-refractivity contribution in [3.05, 3.63) is 5.73 Å². The first-order chi connectivity index (χ1) is 1.73. The van der Waals surface area contributed by atoms with Gasteiger partial charge in [0.15, 0.2) is 0 Å². The summed E-state index contributed by atoms with van der Waals surface area (Å²) in [4.78, 5) is 9.11. The summed E-state index contributed by atoms with van der Waals surface area (Å²) in [5.41, 5.74) is 5.94. The van der Waals surface area contributed by atoms with E-state index in [1.165, 1.54) is 6.92 Å². The Morgan fingerprint density at radius 1 is 1.80 bits per heavy atom. The van der Waals surface area contributed by atoms with Crippen molar-refractivity contribution in [2.24, 2.45) is 0 Å². The Labute approximate surface area is 79.9 Å². The van der Waals surface area contributed by atoms with Crippen molar-refractivity contribution < 1.29 is 63.0 Å². The smallest absolute Gasteiger partial charge is 0.668 e. The molecule has 0 aromatic carbocycles. The van der Waals surface area contributed by atoms with Gasteiger partial charge >= 0.3 is 58.2 Å². The van der Waals surface area contributed by atoms with Crippen LogP contribution in [0.3, 0.4) is 0 Å². The molecule has 0 aliphatic carbocycles. The topological polar surface area (TPSA) is 40.9 Å². The van der Waals surface area contributed by atoms with E-state index in [0.717, 1.165) is 0 Å². The number of hydrogen-bond donors (Lipinski definition) is 0. The molecule has 0 spiro atoms. The van der Waals surface area contributed by atoms with E-state index in [4.69, 9.17) is 10.5 Å². The van der Waals surface area contributed by atoms with E-state index in [1.54, 1.807) is 0 Å². The average molecular weight is 144 g/mol. The van der Waals surface area contributed by atoms with Crippen molar-refractivity contribution in [2.45, 2.75) is 6.92 Å². The van der Waals surface area contributed by atoms with E-state index in [2.05, 4.69) is 0 Å². The zero-order chi connectivity index (χ0) is 3.58. The summed E-state index contributed by atoms with van der Waals surface area (Å²) in [5, 5.41) is 0. The first-order valence-corrected chi connectivity index (χ1v) is 0.954. The molecule has 0 saturated carbocycles. The molecule has 3 heteroatoms. The van der Waals surface area contributed by atoms with Gasteiger partial charge in [0.05, 0.1) is 0 Å². The quantitative estimate of drug-likeness (QED) is 0.372. The Kier molecular flexibility index (Phi) is 10.1. The molecular formula is C2H4NORb. The van der Waals surface area contributed by atoms with Gasteiger partial charge in [-0.05, 0) is 6.92 Å². The van der Waals surface area contributed by atoms with Gasteiger partial charge in [0.2, 0.25) is 0 Å². The second kappa shape index (κ2) is 5.28. The molecule has 0 aliphatic rings. The van der Waals surface area contributed by atoms with E-state index in [-0.39, 0.29) is 58.2 Å². The Morgan fingerprint density at radius 2 is 1.80 bits per heavy atom. The minimum atomic E-state index is -0.583. The van der Waals surface area contributed by atoms with Gasteiger partial charge < -0.3 is 10.5 Å². The SMILES string of the molecule is CC([NH-])=O.[Rb+]. The maximum atomic E-state index is 9.11. The van der Waals surface area contributed by atoms with Crippen molar-refractivity contribution in [3.63, 3.8) is 0 Å². The maximum absolute atomic E-state index is 9.11. The third-order valence-corrected chi connectivity index (χ3v) is 0. The fourth-order valence-corrected chi connectivity index (χ4v) is 0. The third-order valence-electron chi connectivity index (χ3n) is 0. The van der Waals surface area contributed by atoms with E-state index in [1.807, 2.05) is 0 Å². The molecule has 0 aromatic heterocycles. The van der Waals surface area contributed by atoms with Crippen molar-refractivity contribution in [3.8, 4) is 0 Å². The molecule has 0 aromatic rings. The predicted molar refractivity (Wildman–Crippen MR) is 15.0 cm³/mol. The molecule has 0 radical (unpaired) electrons. The van der Waals surface area contributed by atoms with Crippen LogP contribution in [0, 0.1) is 0 Å². The minimum absolute atomic E-state index is 0. The van der Waals surface area contributed by atoms with Gasteiger partial charge in [-0.15, -0.1) is 0 Å². The van der Waals surface area contributed by atoms with Crippen molar-refractivity contribution in [1.29, 1.82) is 0 Å². The van der Waals surface area contributed by atoms with Crippen LogP contribution >= 0.6 is 0 Å². The van der Waals surface area contributed by atoms with Crippen molar-refractivity contribution in [2.75, 3.05) is 0 Å². The Balaban J connectivity index is 0. The molecule has 1 amide bonds. The van der Waals surface area contributed by atoms with Crippen molar-refractivity contribution in [1.82, 2.24) is 0 Å². The average Bonchev–Trinajstić information content (AvgIpc) is 0.811. The molecule has 5 heavy (non-hydrogen) atoms. The number of nitrogens with one attached hydrogen (secondary N) is 1. The summed E-state index contributed by atoms with van der Waals surface area (Å²) in [6.45, 7) is 1.19. The van der Waals surface area contributed by atoms with Crippen LogP contribution in [0.2, 0.25) is 0 Å².